The molecule has 0 aliphatic heterocycles. The normalized spacial score (nSPS) is 14.0. The molecule has 18 heavy (non-hydrogen) atoms. The lowest BCUT2D eigenvalue weighted by Gasteiger charge is -2.17. The summed E-state index contributed by atoms with van der Waals surface area (Å²) < 4.78 is 9.26. The van der Waals surface area contributed by atoms with Gasteiger partial charge in [0.1, 0.15) is 25.4 Å². The molecular weight excluding hydrogens is 240 g/mol. The molecule has 0 aromatic heterocycles. The lowest BCUT2D eigenvalue weighted by molar-refractivity contribution is -0.150. The number of aliphatic hydroxyl groups excluding tert-OH is 2. The summed E-state index contributed by atoms with van der Waals surface area (Å²) in [6.07, 6.45) is 0.0174. The number of hydrogen-bond acceptors (Lipinski definition) is 6. The van der Waals surface area contributed by atoms with Crippen LogP contribution in [-0.4, -0.2) is 47.6 Å². The molecule has 0 saturated heterocycles. The van der Waals surface area contributed by atoms with Gasteiger partial charge in [0, 0.05) is 11.6 Å². The number of rotatable bonds is 7. The second kappa shape index (κ2) is 8.43. The van der Waals surface area contributed by atoms with E-state index in [1.807, 2.05) is 0 Å². The molecule has 0 aliphatic rings. The molecule has 0 rings (SSSR count). The number of allylic oxidation sites excluding steroid dienone is 1. The van der Waals surface area contributed by atoms with Gasteiger partial charge < -0.3 is 19.7 Å². The molecule has 0 spiro atoms. The zero-order valence-electron chi connectivity index (χ0n) is 10.5. The maximum absolute atomic E-state index is 11.0. The second-order valence-corrected chi connectivity index (χ2v) is 3.64. The van der Waals surface area contributed by atoms with E-state index in [4.69, 9.17) is 0 Å². The zero-order chi connectivity index (χ0) is 14.1. The number of hydrogen-bond donors (Lipinski definition) is 2. The monoisotopic (exact) mass is 258 g/mol. The first-order chi connectivity index (χ1) is 8.38. The fraction of sp³-hybridized carbons (Fsp3) is 0.500. The molecule has 102 valence electrons. The molecule has 0 aromatic carbocycles. The molecule has 0 amide bonds. The summed E-state index contributed by atoms with van der Waals surface area (Å²) in [4.78, 5) is 21.9. The van der Waals surface area contributed by atoms with Crippen LogP contribution >= 0.6 is 0 Å². The van der Waals surface area contributed by atoms with Crippen LogP contribution in [0, 0.1) is 0 Å². The third-order valence-corrected chi connectivity index (χ3v) is 1.88. The van der Waals surface area contributed by atoms with Gasteiger partial charge in [-0.25, -0.2) is 9.59 Å². The third kappa shape index (κ3) is 6.82. The third-order valence-electron chi connectivity index (χ3n) is 1.88. The zero-order valence-corrected chi connectivity index (χ0v) is 10.5. The van der Waals surface area contributed by atoms with Crippen LogP contribution in [-0.2, 0) is 19.1 Å². The second-order valence-electron chi connectivity index (χ2n) is 3.64. The fourth-order valence-corrected chi connectivity index (χ4v) is 0.858. The van der Waals surface area contributed by atoms with Gasteiger partial charge in [-0.3, -0.25) is 0 Å². The minimum Gasteiger partial charge on any atom is -0.460 e. The van der Waals surface area contributed by atoms with Crippen LogP contribution in [0.4, 0.5) is 0 Å². The van der Waals surface area contributed by atoms with Gasteiger partial charge in [-0.1, -0.05) is 12.7 Å². The van der Waals surface area contributed by atoms with Crippen LogP contribution in [0.5, 0.6) is 0 Å². The molecule has 2 atom stereocenters. The predicted octanol–water partition coefficient (Wildman–Crippen LogP) is -0.0532. The van der Waals surface area contributed by atoms with Crippen molar-refractivity contribution in [2.24, 2.45) is 0 Å². The van der Waals surface area contributed by atoms with E-state index in [9.17, 15) is 19.8 Å². The van der Waals surface area contributed by atoms with Crippen molar-refractivity contribution in [2.75, 3.05) is 13.2 Å². The Morgan fingerprint density at radius 2 is 1.72 bits per heavy atom. The number of esters is 2. The van der Waals surface area contributed by atoms with Crippen molar-refractivity contribution in [3.05, 3.63) is 24.3 Å². The van der Waals surface area contributed by atoms with Crippen LogP contribution in [0.25, 0.3) is 0 Å². The highest BCUT2D eigenvalue weighted by Gasteiger charge is 2.19. The van der Waals surface area contributed by atoms with Crippen molar-refractivity contribution in [1.29, 1.82) is 0 Å². The highest BCUT2D eigenvalue weighted by atomic mass is 16.6. The molecule has 6 nitrogen and oxygen atoms in total. The quantitative estimate of drug-likeness (QED) is 0.491. The van der Waals surface area contributed by atoms with Gasteiger partial charge in [0.2, 0.25) is 0 Å². The summed E-state index contributed by atoms with van der Waals surface area (Å²) in [6, 6.07) is 0. The van der Waals surface area contributed by atoms with Crippen LogP contribution < -0.4 is 0 Å². The summed E-state index contributed by atoms with van der Waals surface area (Å²) in [5, 5.41) is 18.8. The Bertz CT molecular complexity index is 333. The Morgan fingerprint density at radius 1 is 1.22 bits per heavy atom. The highest BCUT2D eigenvalue weighted by Crippen LogP contribution is 1.99. The van der Waals surface area contributed by atoms with E-state index in [1.165, 1.54) is 19.1 Å². The topological polar surface area (TPSA) is 93.1 Å². The first kappa shape index (κ1) is 16.3. The van der Waals surface area contributed by atoms with E-state index in [-0.39, 0.29) is 12.2 Å². The molecule has 6 heteroatoms. The van der Waals surface area contributed by atoms with Crippen molar-refractivity contribution >= 4 is 11.9 Å². The Balaban J connectivity index is 3.96. The molecule has 0 heterocycles. The molecule has 0 fully saturated rings. The minimum absolute atomic E-state index is 0.191. The summed E-state index contributed by atoms with van der Waals surface area (Å²) in [5.74, 6) is -1.28. The number of ether oxygens (including phenoxy) is 2. The Hall–Kier alpha value is -1.66. The van der Waals surface area contributed by atoms with Gasteiger partial charge in [-0.15, -0.1) is 0 Å². The molecule has 0 aliphatic carbocycles. The summed E-state index contributed by atoms with van der Waals surface area (Å²) >= 11 is 0. The van der Waals surface area contributed by atoms with Gasteiger partial charge in [0.25, 0.3) is 0 Å². The predicted molar refractivity (Wildman–Crippen MR) is 63.6 cm³/mol. The largest absolute Gasteiger partial charge is 0.460 e. The molecular formula is C12H18O6. The van der Waals surface area contributed by atoms with Crippen molar-refractivity contribution in [2.45, 2.75) is 26.1 Å². The summed E-state index contributed by atoms with van der Waals surface area (Å²) in [6.45, 7) is 5.69. The fourth-order valence-electron chi connectivity index (χ4n) is 0.858. The van der Waals surface area contributed by atoms with E-state index in [2.05, 4.69) is 16.1 Å². The van der Waals surface area contributed by atoms with E-state index in [0.717, 1.165) is 0 Å². The number of aliphatic hydroxyl groups is 2. The molecule has 0 bridgehead atoms. The smallest absolute Gasteiger partial charge is 0.333 e. The van der Waals surface area contributed by atoms with E-state index >= 15 is 0 Å². The molecule has 0 radical (unpaired) electrons. The first-order valence-corrected chi connectivity index (χ1v) is 5.36. The van der Waals surface area contributed by atoms with E-state index in [0.29, 0.717) is 0 Å². The average Bonchev–Trinajstić information content (AvgIpc) is 2.32. The van der Waals surface area contributed by atoms with E-state index in [1.54, 1.807) is 6.92 Å². The van der Waals surface area contributed by atoms with Crippen LogP contribution in [0.1, 0.15) is 13.8 Å². The average molecular weight is 258 g/mol. The van der Waals surface area contributed by atoms with Crippen molar-refractivity contribution in [3.63, 3.8) is 0 Å². The van der Waals surface area contributed by atoms with Gasteiger partial charge in [0.05, 0.1) is 0 Å². The van der Waals surface area contributed by atoms with E-state index < -0.39 is 30.8 Å². The minimum atomic E-state index is -1.33. The van der Waals surface area contributed by atoms with Crippen LogP contribution in [0.2, 0.25) is 0 Å². The first-order valence-electron chi connectivity index (χ1n) is 5.36. The lowest BCUT2D eigenvalue weighted by atomic mass is 10.2. The number of carbonyl (C=O) groups excluding carboxylic acids is 2. The van der Waals surface area contributed by atoms with Crippen molar-refractivity contribution in [1.82, 2.24) is 0 Å². The van der Waals surface area contributed by atoms with Crippen LogP contribution in [0.3, 0.4) is 0 Å². The van der Waals surface area contributed by atoms with Gasteiger partial charge in [-0.05, 0) is 13.8 Å². The molecule has 0 saturated carbocycles. The highest BCUT2D eigenvalue weighted by molar-refractivity contribution is 5.86. The maximum Gasteiger partial charge on any atom is 0.333 e. The Kier molecular flexibility index (Phi) is 7.66. The van der Waals surface area contributed by atoms with Crippen molar-refractivity contribution < 1.29 is 29.3 Å². The standard InChI is InChI=1S/C12H18O6/c1-4-5-11(15)17-6-9(13)10(14)7-18-12(16)8(2)3/h4-5,9-10,13-14H,2,6-7H2,1,3H3. The summed E-state index contributed by atoms with van der Waals surface area (Å²) in [5.41, 5.74) is 0.191. The van der Waals surface area contributed by atoms with Crippen LogP contribution in [0.15, 0.2) is 24.3 Å². The number of carbonyl (C=O) groups is 2. The van der Waals surface area contributed by atoms with Crippen molar-refractivity contribution in [3.8, 4) is 0 Å². The van der Waals surface area contributed by atoms with Gasteiger partial charge in [-0.2, -0.15) is 0 Å². The Labute approximate surface area is 106 Å². The lowest BCUT2D eigenvalue weighted by Crippen LogP contribution is -2.35. The molecule has 0 aromatic rings. The van der Waals surface area contributed by atoms with Gasteiger partial charge >= 0.3 is 11.9 Å². The summed E-state index contributed by atoms with van der Waals surface area (Å²) in [7, 11) is 0. The maximum atomic E-state index is 11.0. The molecule has 2 unspecified atom stereocenters. The van der Waals surface area contributed by atoms with Gasteiger partial charge in [0.15, 0.2) is 0 Å². The molecule has 2 N–H and O–H groups in total. The SMILES string of the molecule is C=C(C)C(=O)OCC(O)C(O)COC(=O)C=CC. The Morgan fingerprint density at radius 3 is 2.17 bits per heavy atom.